The third-order valence-electron chi connectivity index (χ3n) is 2.77. The molecule has 0 aliphatic rings. The molecule has 20 heavy (non-hydrogen) atoms. The Morgan fingerprint density at radius 2 is 1.95 bits per heavy atom. The van der Waals surface area contributed by atoms with Gasteiger partial charge in [0.25, 0.3) is 5.69 Å². The van der Waals surface area contributed by atoms with Gasteiger partial charge in [0, 0.05) is 17.7 Å². The van der Waals surface area contributed by atoms with E-state index >= 15 is 0 Å². The van der Waals surface area contributed by atoms with Crippen LogP contribution in [0, 0.1) is 10.1 Å². The number of oxime groups is 1. The second kappa shape index (κ2) is 6.47. The fraction of sp³-hybridized carbons (Fsp3) is 0.133. The SMILES string of the molecule is C[C@H](O/N=C\c1ccccc1)c1cccc([N+](=O)[O-])c1. The van der Waals surface area contributed by atoms with Gasteiger partial charge in [0.05, 0.1) is 11.1 Å². The Kier molecular flexibility index (Phi) is 4.44. The van der Waals surface area contributed by atoms with E-state index in [0.717, 1.165) is 5.56 Å². The molecule has 0 aliphatic carbocycles. The fourth-order valence-electron chi connectivity index (χ4n) is 1.67. The van der Waals surface area contributed by atoms with Gasteiger partial charge in [-0.3, -0.25) is 10.1 Å². The van der Waals surface area contributed by atoms with Crippen molar-refractivity contribution in [2.75, 3.05) is 0 Å². The van der Waals surface area contributed by atoms with E-state index < -0.39 is 4.92 Å². The average Bonchev–Trinajstić information content (AvgIpc) is 2.48. The molecule has 0 aromatic heterocycles. The summed E-state index contributed by atoms with van der Waals surface area (Å²) < 4.78 is 0. The maximum atomic E-state index is 10.7. The zero-order valence-electron chi connectivity index (χ0n) is 11.0. The fourth-order valence-corrected chi connectivity index (χ4v) is 1.67. The molecule has 0 saturated carbocycles. The van der Waals surface area contributed by atoms with Crippen LogP contribution in [0.5, 0.6) is 0 Å². The lowest BCUT2D eigenvalue weighted by atomic mass is 10.1. The molecule has 0 N–H and O–H groups in total. The topological polar surface area (TPSA) is 64.7 Å². The minimum atomic E-state index is -0.427. The summed E-state index contributed by atoms with van der Waals surface area (Å²) >= 11 is 0. The number of non-ortho nitro benzene ring substituents is 1. The number of benzene rings is 2. The average molecular weight is 270 g/mol. The Bertz CT molecular complexity index is 612. The molecule has 1 atom stereocenters. The van der Waals surface area contributed by atoms with Gasteiger partial charge in [-0.15, -0.1) is 0 Å². The molecule has 0 unspecified atom stereocenters. The van der Waals surface area contributed by atoms with E-state index in [1.54, 1.807) is 25.3 Å². The number of rotatable bonds is 5. The van der Waals surface area contributed by atoms with Gasteiger partial charge in [0.1, 0.15) is 6.10 Å². The molecule has 0 fully saturated rings. The number of hydrogen-bond donors (Lipinski definition) is 0. The number of nitro groups is 1. The van der Waals surface area contributed by atoms with E-state index in [0.29, 0.717) is 5.56 Å². The first kappa shape index (κ1) is 13.7. The minimum Gasteiger partial charge on any atom is -0.388 e. The number of hydrogen-bond acceptors (Lipinski definition) is 4. The molecule has 0 bridgehead atoms. The predicted octanol–water partition coefficient (Wildman–Crippen LogP) is 3.71. The van der Waals surface area contributed by atoms with Crippen molar-refractivity contribution < 1.29 is 9.76 Å². The van der Waals surface area contributed by atoms with Crippen LogP contribution in [0.25, 0.3) is 0 Å². The van der Waals surface area contributed by atoms with Crippen LogP contribution < -0.4 is 0 Å². The van der Waals surface area contributed by atoms with Crippen molar-refractivity contribution in [3.63, 3.8) is 0 Å². The summed E-state index contributed by atoms with van der Waals surface area (Å²) in [6.45, 7) is 1.79. The van der Waals surface area contributed by atoms with Crippen LogP contribution in [-0.4, -0.2) is 11.1 Å². The molecule has 102 valence electrons. The highest BCUT2D eigenvalue weighted by Crippen LogP contribution is 2.21. The Balaban J connectivity index is 2.01. The monoisotopic (exact) mass is 270 g/mol. The smallest absolute Gasteiger partial charge is 0.269 e. The van der Waals surface area contributed by atoms with E-state index in [-0.39, 0.29) is 11.8 Å². The summed E-state index contributed by atoms with van der Waals surface area (Å²) in [4.78, 5) is 15.6. The zero-order chi connectivity index (χ0) is 14.4. The summed E-state index contributed by atoms with van der Waals surface area (Å²) in [6.07, 6.45) is 1.25. The minimum absolute atomic E-state index is 0.0463. The highest BCUT2D eigenvalue weighted by molar-refractivity contribution is 5.78. The summed E-state index contributed by atoms with van der Waals surface area (Å²) in [5.74, 6) is 0. The van der Waals surface area contributed by atoms with Crippen LogP contribution >= 0.6 is 0 Å². The Morgan fingerprint density at radius 3 is 2.65 bits per heavy atom. The highest BCUT2D eigenvalue weighted by atomic mass is 16.6. The van der Waals surface area contributed by atoms with E-state index in [9.17, 15) is 10.1 Å². The lowest BCUT2D eigenvalue weighted by Crippen LogP contribution is -1.97. The molecule has 0 radical (unpaired) electrons. The highest BCUT2D eigenvalue weighted by Gasteiger charge is 2.11. The van der Waals surface area contributed by atoms with Crippen LogP contribution in [0.1, 0.15) is 24.2 Å². The van der Waals surface area contributed by atoms with E-state index in [2.05, 4.69) is 5.16 Å². The van der Waals surface area contributed by atoms with Crippen LogP contribution in [0.2, 0.25) is 0 Å². The summed E-state index contributed by atoms with van der Waals surface area (Å²) in [5.41, 5.74) is 1.69. The predicted molar refractivity (Wildman–Crippen MR) is 76.6 cm³/mol. The molecule has 0 aliphatic heterocycles. The number of nitrogens with zero attached hydrogens (tertiary/aromatic N) is 2. The van der Waals surface area contributed by atoms with Crippen molar-refractivity contribution in [1.29, 1.82) is 0 Å². The maximum Gasteiger partial charge on any atom is 0.269 e. The van der Waals surface area contributed by atoms with Crippen molar-refractivity contribution in [2.24, 2.45) is 5.16 Å². The van der Waals surface area contributed by atoms with Crippen molar-refractivity contribution in [3.05, 3.63) is 75.8 Å². The van der Waals surface area contributed by atoms with Crippen LogP contribution in [0.3, 0.4) is 0 Å². The van der Waals surface area contributed by atoms with Crippen LogP contribution in [0.4, 0.5) is 5.69 Å². The second-order valence-electron chi connectivity index (χ2n) is 4.24. The first-order valence-corrected chi connectivity index (χ1v) is 6.15. The third-order valence-corrected chi connectivity index (χ3v) is 2.77. The number of nitro benzene ring substituents is 1. The van der Waals surface area contributed by atoms with E-state index in [1.807, 2.05) is 30.3 Å². The van der Waals surface area contributed by atoms with Crippen LogP contribution in [0.15, 0.2) is 59.8 Å². The molecule has 5 nitrogen and oxygen atoms in total. The van der Waals surface area contributed by atoms with Crippen molar-refractivity contribution in [2.45, 2.75) is 13.0 Å². The molecular formula is C15H14N2O3. The van der Waals surface area contributed by atoms with E-state index in [4.69, 9.17) is 4.84 Å². The quantitative estimate of drug-likeness (QED) is 0.472. The molecule has 2 aromatic carbocycles. The molecule has 0 amide bonds. The first-order valence-electron chi connectivity index (χ1n) is 6.15. The second-order valence-corrected chi connectivity index (χ2v) is 4.24. The van der Waals surface area contributed by atoms with Gasteiger partial charge in [0.2, 0.25) is 0 Å². The van der Waals surface area contributed by atoms with Gasteiger partial charge < -0.3 is 4.84 Å². The van der Waals surface area contributed by atoms with Gasteiger partial charge in [-0.2, -0.15) is 0 Å². The van der Waals surface area contributed by atoms with E-state index in [1.165, 1.54) is 12.1 Å². The maximum absolute atomic E-state index is 10.7. The summed E-state index contributed by atoms with van der Waals surface area (Å²) in [7, 11) is 0. The van der Waals surface area contributed by atoms with Crippen molar-refractivity contribution >= 4 is 11.9 Å². The molecule has 2 aromatic rings. The van der Waals surface area contributed by atoms with Gasteiger partial charge >= 0.3 is 0 Å². The zero-order valence-corrected chi connectivity index (χ0v) is 11.0. The molecule has 0 saturated heterocycles. The Morgan fingerprint density at radius 1 is 1.20 bits per heavy atom. The molecular weight excluding hydrogens is 256 g/mol. The largest absolute Gasteiger partial charge is 0.388 e. The summed E-state index contributed by atoms with van der Waals surface area (Å²) in [5, 5.41) is 14.6. The van der Waals surface area contributed by atoms with Gasteiger partial charge in [-0.1, -0.05) is 47.6 Å². The first-order chi connectivity index (χ1) is 9.66. The molecule has 0 heterocycles. The van der Waals surface area contributed by atoms with Gasteiger partial charge in [-0.05, 0) is 12.5 Å². The Labute approximate surface area is 116 Å². The summed E-state index contributed by atoms with van der Waals surface area (Å²) in [6, 6.07) is 15.9. The lowest BCUT2D eigenvalue weighted by molar-refractivity contribution is -0.385. The Hall–Kier alpha value is -2.69. The third kappa shape index (κ3) is 3.65. The van der Waals surface area contributed by atoms with Crippen molar-refractivity contribution in [1.82, 2.24) is 0 Å². The van der Waals surface area contributed by atoms with Crippen LogP contribution in [-0.2, 0) is 4.84 Å². The molecule has 0 spiro atoms. The van der Waals surface area contributed by atoms with Crippen molar-refractivity contribution in [3.8, 4) is 0 Å². The van der Waals surface area contributed by atoms with Gasteiger partial charge in [0.15, 0.2) is 0 Å². The normalized spacial score (nSPS) is 12.2. The lowest BCUT2D eigenvalue weighted by Gasteiger charge is -2.09. The standard InChI is InChI=1S/C15H14N2O3/c1-12(14-8-5-9-15(10-14)17(18)19)20-16-11-13-6-3-2-4-7-13/h2-12H,1H3/b16-11-/t12-/m0/s1. The molecule has 5 heteroatoms. The van der Waals surface area contributed by atoms with Gasteiger partial charge in [-0.25, -0.2) is 0 Å². The molecule has 2 rings (SSSR count).